The second-order valence-corrected chi connectivity index (χ2v) is 16.3. The predicted octanol–water partition coefficient (Wildman–Crippen LogP) is 5.28. The molecule has 2 amide bonds. The Morgan fingerprint density at radius 1 is 0.756 bits per heavy atom. The SMILES string of the molecule is CCCON1C(C)(C)CC(C(C)(C)NC(=O)C(=O)NC(C)(C)C2CC(C)(C)N(OC(N)CC)C(C)(C)C2)CC1(C)C. The minimum absolute atomic E-state index is 0.129. The monoisotopic (exact) mass is 581 g/mol. The number of amides is 2. The van der Waals surface area contributed by atoms with Crippen molar-refractivity contribution in [2.45, 2.75) is 175 Å². The molecule has 0 aromatic carbocycles. The molecule has 2 heterocycles. The van der Waals surface area contributed by atoms with Crippen LogP contribution in [0.15, 0.2) is 0 Å². The van der Waals surface area contributed by atoms with Crippen LogP contribution in [0.5, 0.6) is 0 Å². The van der Waals surface area contributed by atoms with Gasteiger partial charge in [-0.2, -0.15) is 10.1 Å². The van der Waals surface area contributed by atoms with E-state index in [0.717, 1.165) is 38.5 Å². The molecule has 0 radical (unpaired) electrons. The number of nitrogens with two attached hydrogens (primary N) is 1. The summed E-state index contributed by atoms with van der Waals surface area (Å²) in [5.74, 6) is -0.882. The normalized spacial score (nSPS) is 24.6. The van der Waals surface area contributed by atoms with Crippen LogP contribution >= 0.6 is 0 Å². The number of hydrogen-bond acceptors (Lipinski definition) is 7. The summed E-state index contributed by atoms with van der Waals surface area (Å²) in [5.41, 5.74) is 3.94. The predicted molar refractivity (Wildman–Crippen MR) is 165 cm³/mol. The summed E-state index contributed by atoms with van der Waals surface area (Å²) in [6, 6.07) is 0. The molecule has 0 aromatic rings. The van der Waals surface area contributed by atoms with Gasteiger partial charge in [0, 0.05) is 33.2 Å². The first-order valence-corrected chi connectivity index (χ1v) is 15.7. The van der Waals surface area contributed by atoms with Crippen LogP contribution in [0.4, 0.5) is 0 Å². The van der Waals surface area contributed by atoms with Gasteiger partial charge in [0.05, 0.1) is 6.61 Å². The first-order chi connectivity index (χ1) is 18.4. The van der Waals surface area contributed by atoms with Gasteiger partial charge in [0.2, 0.25) is 0 Å². The topological polar surface area (TPSA) is 109 Å². The zero-order chi connectivity index (χ0) is 31.8. The summed E-state index contributed by atoms with van der Waals surface area (Å²) in [7, 11) is 0. The lowest BCUT2D eigenvalue weighted by molar-refractivity contribution is -0.312. The molecular weight excluding hydrogens is 518 g/mol. The molecule has 4 N–H and O–H groups in total. The lowest BCUT2D eigenvalue weighted by atomic mass is 9.68. The molecule has 0 aliphatic carbocycles. The molecule has 0 spiro atoms. The zero-order valence-electron chi connectivity index (χ0n) is 28.8. The zero-order valence-corrected chi connectivity index (χ0v) is 28.8. The first-order valence-electron chi connectivity index (χ1n) is 15.7. The van der Waals surface area contributed by atoms with Gasteiger partial charge in [-0.15, -0.1) is 0 Å². The Labute approximate surface area is 250 Å². The Balaban J connectivity index is 2.12. The highest BCUT2D eigenvalue weighted by molar-refractivity contribution is 6.35. The standard InChI is InChI=1S/C32H63N5O4/c1-15-17-40-36-27(3,4)18-22(19-28(36,5)6)31(11,12)34-25(38)26(39)35-32(13,14)23-20-29(7,8)37(30(9,10)21-23)41-24(33)16-2/h22-24H,15-21,33H2,1-14H3,(H,34,38)(H,35,39). The Hall–Kier alpha value is -1.26. The number of nitrogens with zero attached hydrogens (tertiary/aromatic N) is 2. The van der Waals surface area contributed by atoms with Gasteiger partial charge in [-0.05, 0) is 133 Å². The van der Waals surface area contributed by atoms with Gasteiger partial charge in [0.1, 0.15) is 6.23 Å². The highest BCUT2D eigenvalue weighted by Gasteiger charge is 2.53. The minimum Gasteiger partial charge on any atom is -0.343 e. The van der Waals surface area contributed by atoms with Gasteiger partial charge < -0.3 is 16.4 Å². The molecule has 1 atom stereocenters. The van der Waals surface area contributed by atoms with E-state index in [0.29, 0.717) is 6.61 Å². The van der Waals surface area contributed by atoms with Crippen molar-refractivity contribution in [2.75, 3.05) is 6.61 Å². The summed E-state index contributed by atoms with van der Waals surface area (Å²) in [6.45, 7) is 30.3. The molecular formula is C32H63N5O4. The van der Waals surface area contributed by atoms with Crippen molar-refractivity contribution in [1.82, 2.24) is 20.8 Å². The molecule has 0 aromatic heterocycles. The average molecular weight is 582 g/mol. The summed E-state index contributed by atoms with van der Waals surface area (Å²) in [5, 5.41) is 10.4. The number of piperidine rings is 2. The van der Waals surface area contributed by atoms with Crippen molar-refractivity contribution in [3.05, 3.63) is 0 Å². The van der Waals surface area contributed by atoms with Crippen LogP contribution < -0.4 is 16.4 Å². The quantitative estimate of drug-likeness (QED) is 0.238. The van der Waals surface area contributed by atoms with Crippen LogP contribution in [0.1, 0.15) is 135 Å². The molecule has 9 heteroatoms. The highest BCUT2D eigenvalue weighted by Crippen LogP contribution is 2.47. The summed E-state index contributed by atoms with van der Waals surface area (Å²) in [6.07, 6.45) is 4.57. The highest BCUT2D eigenvalue weighted by atomic mass is 16.7. The maximum absolute atomic E-state index is 13.4. The molecule has 2 aliphatic heterocycles. The van der Waals surface area contributed by atoms with Crippen LogP contribution in [-0.4, -0.2) is 68.0 Å². The molecule has 2 saturated heterocycles. The Morgan fingerprint density at radius 3 is 1.41 bits per heavy atom. The van der Waals surface area contributed by atoms with Crippen LogP contribution in [0.2, 0.25) is 0 Å². The fraction of sp³-hybridized carbons (Fsp3) is 0.938. The minimum atomic E-state index is -0.599. The number of rotatable bonds is 10. The number of carbonyl (C=O) groups is 2. The lowest BCUT2D eigenvalue weighted by Crippen LogP contribution is -2.67. The first kappa shape index (κ1) is 35.9. The van der Waals surface area contributed by atoms with Gasteiger partial charge in [-0.3, -0.25) is 19.3 Å². The van der Waals surface area contributed by atoms with Crippen LogP contribution in [-0.2, 0) is 19.3 Å². The number of nitrogens with one attached hydrogen (secondary N) is 2. The van der Waals surface area contributed by atoms with Crippen molar-refractivity contribution in [1.29, 1.82) is 0 Å². The Kier molecular flexibility index (Phi) is 10.9. The van der Waals surface area contributed by atoms with Crippen LogP contribution in [0, 0.1) is 11.8 Å². The third-order valence-electron chi connectivity index (χ3n) is 9.37. The van der Waals surface area contributed by atoms with Crippen molar-refractivity contribution in [2.24, 2.45) is 17.6 Å². The summed E-state index contributed by atoms with van der Waals surface area (Å²) >= 11 is 0. The fourth-order valence-corrected chi connectivity index (χ4v) is 7.48. The molecule has 0 saturated carbocycles. The maximum atomic E-state index is 13.4. The molecule has 9 nitrogen and oxygen atoms in total. The van der Waals surface area contributed by atoms with E-state index in [1.54, 1.807) is 0 Å². The van der Waals surface area contributed by atoms with E-state index in [9.17, 15) is 9.59 Å². The lowest BCUT2D eigenvalue weighted by Gasteiger charge is -2.57. The van der Waals surface area contributed by atoms with Crippen molar-refractivity contribution in [3.63, 3.8) is 0 Å². The average Bonchev–Trinajstić information content (AvgIpc) is 2.78. The van der Waals surface area contributed by atoms with E-state index in [-0.39, 0.29) is 40.2 Å². The van der Waals surface area contributed by atoms with Gasteiger partial charge in [-0.1, -0.05) is 13.8 Å². The van der Waals surface area contributed by atoms with Crippen molar-refractivity contribution < 1.29 is 19.3 Å². The van der Waals surface area contributed by atoms with E-state index in [4.69, 9.17) is 15.4 Å². The number of hydroxylamine groups is 4. The summed E-state index contributed by atoms with van der Waals surface area (Å²) < 4.78 is 0. The van der Waals surface area contributed by atoms with Gasteiger partial charge in [0.25, 0.3) is 0 Å². The third kappa shape index (κ3) is 8.43. The molecule has 2 fully saturated rings. The van der Waals surface area contributed by atoms with Gasteiger partial charge in [0.15, 0.2) is 0 Å². The van der Waals surface area contributed by atoms with Crippen LogP contribution in [0.3, 0.4) is 0 Å². The second-order valence-electron chi connectivity index (χ2n) is 16.3. The van der Waals surface area contributed by atoms with E-state index in [1.807, 2.05) is 39.7 Å². The molecule has 0 bridgehead atoms. The van der Waals surface area contributed by atoms with Crippen molar-refractivity contribution >= 4 is 11.8 Å². The Morgan fingerprint density at radius 2 is 1.10 bits per heavy atom. The fourth-order valence-electron chi connectivity index (χ4n) is 7.48. The van der Waals surface area contributed by atoms with E-state index in [1.165, 1.54) is 0 Å². The van der Waals surface area contributed by atoms with E-state index < -0.39 is 22.9 Å². The molecule has 240 valence electrons. The third-order valence-corrected chi connectivity index (χ3v) is 9.37. The van der Waals surface area contributed by atoms with Gasteiger partial charge >= 0.3 is 11.8 Å². The second kappa shape index (κ2) is 12.4. The molecule has 2 aliphatic rings. The molecule has 2 rings (SSSR count). The summed E-state index contributed by atoms with van der Waals surface area (Å²) in [4.78, 5) is 39.1. The molecule has 1 unspecified atom stereocenters. The largest absolute Gasteiger partial charge is 0.343 e. The Bertz CT molecular complexity index is 891. The molecule has 41 heavy (non-hydrogen) atoms. The van der Waals surface area contributed by atoms with Gasteiger partial charge in [-0.25, -0.2) is 0 Å². The van der Waals surface area contributed by atoms with Crippen molar-refractivity contribution in [3.8, 4) is 0 Å². The smallest absolute Gasteiger partial charge is 0.309 e. The van der Waals surface area contributed by atoms with E-state index in [2.05, 4.69) is 78.0 Å². The van der Waals surface area contributed by atoms with E-state index >= 15 is 0 Å². The number of carbonyl (C=O) groups excluding carboxylic acids is 2. The maximum Gasteiger partial charge on any atom is 0.309 e. The number of hydrogen-bond donors (Lipinski definition) is 3. The van der Waals surface area contributed by atoms with Crippen LogP contribution in [0.25, 0.3) is 0 Å².